The van der Waals surface area contributed by atoms with Crippen molar-refractivity contribution in [1.82, 2.24) is 0 Å². The minimum Gasteiger partial charge on any atom is -0.198 e. The van der Waals surface area contributed by atoms with Crippen molar-refractivity contribution in [3.05, 3.63) is 10.3 Å². The predicted octanol–water partition coefficient (Wildman–Crippen LogP) is 5.59. The molecule has 0 saturated carbocycles. The molecule has 0 rings (SSSR count). The number of thioether (sulfide) groups is 2. The molecule has 0 unspecified atom stereocenters. The van der Waals surface area contributed by atoms with E-state index >= 15 is 0 Å². The van der Waals surface area contributed by atoms with Crippen LogP contribution in [0.1, 0.15) is 58.8 Å². The molecule has 17 heavy (non-hydrogen) atoms. The van der Waals surface area contributed by atoms with Gasteiger partial charge in [0.05, 0.1) is 6.07 Å². The van der Waals surface area contributed by atoms with E-state index in [1.54, 1.807) is 0 Å². The average molecular weight is 271 g/mol. The third-order valence-corrected chi connectivity index (χ3v) is 4.64. The highest BCUT2D eigenvalue weighted by Gasteiger charge is 1.99. The number of allylic oxidation sites excluding steroid dienone is 1. The van der Waals surface area contributed by atoms with Gasteiger partial charge in [0.2, 0.25) is 0 Å². The number of unbranched alkanes of at least 4 members (excludes halogenated alkanes) is 3. The second kappa shape index (κ2) is 14.0. The molecule has 0 fully saturated rings. The van der Waals surface area contributed by atoms with Gasteiger partial charge in [0.25, 0.3) is 0 Å². The number of hydrogen-bond acceptors (Lipinski definition) is 3. The highest BCUT2D eigenvalue weighted by Crippen LogP contribution is 2.26. The Kier molecular flexibility index (Phi) is 13.9. The summed E-state index contributed by atoms with van der Waals surface area (Å²) < 4.78 is 0. The van der Waals surface area contributed by atoms with Crippen LogP contribution in [0.25, 0.3) is 0 Å². The second-order valence-electron chi connectivity index (χ2n) is 4.02. The van der Waals surface area contributed by atoms with Gasteiger partial charge in [-0.25, -0.2) is 0 Å². The van der Waals surface area contributed by atoms with E-state index in [-0.39, 0.29) is 0 Å². The summed E-state index contributed by atoms with van der Waals surface area (Å²) >= 11 is 3.92. The van der Waals surface area contributed by atoms with Gasteiger partial charge < -0.3 is 0 Å². The van der Waals surface area contributed by atoms with E-state index in [1.807, 2.05) is 23.5 Å². The molecule has 0 saturated heterocycles. The fraction of sp³-hybridized carbons (Fsp3) is 0.786. The van der Waals surface area contributed by atoms with Crippen molar-refractivity contribution in [2.45, 2.75) is 58.8 Å². The Bertz CT molecular complexity index is 231. The Balaban J connectivity index is 3.86. The van der Waals surface area contributed by atoms with E-state index in [9.17, 15) is 0 Å². The van der Waals surface area contributed by atoms with Gasteiger partial charge in [-0.1, -0.05) is 26.7 Å². The van der Waals surface area contributed by atoms with Crippen LogP contribution in [0.5, 0.6) is 0 Å². The first kappa shape index (κ1) is 16.9. The molecule has 0 aliphatic rings. The lowest BCUT2D eigenvalue weighted by Gasteiger charge is -2.05. The van der Waals surface area contributed by atoms with Gasteiger partial charge in [0, 0.05) is 6.42 Å². The number of nitrogens with zero attached hydrogens (tertiary/aromatic N) is 1. The van der Waals surface area contributed by atoms with Crippen molar-refractivity contribution >= 4 is 23.5 Å². The van der Waals surface area contributed by atoms with Crippen molar-refractivity contribution in [2.24, 2.45) is 0 Å². The summed E-state index contributed by atoms with van der Waals surface area (Å²) in [4.78, 5) is 1.48. The summed E-state index contributed by atoms with van der Waals surface area (Å²) in [5.74, 6) is 2.45. The molecule has 0 aromatic rings. The van der Waals surface area contributed by atoms with E-state index in [4.69, 9.17) is 5.26 Å². The van der Waals surface area contributed by atoms with Gasteiger partial charge in [-0.05, 0) is 47.5 Å². The Labute approximate surface area is 115 Å². The molecule has 0 aromatic carbocycles. The fourth-order valence-electron chi connectivity index (χ4n) is 1.23. The summed E-state index contributed by atoms with van der Waals surface area (Å²) in [5, 5.41) is 10.9. The van der Waals surface area contributed by atoms with Crippen molar-refractivity contribution < 1.29 is 0 Å². The summed E-state index contributed by atoms with van der Waals surface area (Å²) in [6.45, 7) is 4.46. The molecule has 0 atom stereocenters. The molecule has 0 N–H and O–H groups in total. The first-order valence-electron chi connectivity index (χ1n) is 6.65. The Morgan fingerprint density at radius 3 is 2.47 bits per heavy atom. The second-order valence-corrected chi connectivity index (χ2v) is 6.22. The van der Waals surface area contributed by atoms with Gasteiger partial charge >= 0.3 is 0 Å². The molecule has 0 aliphatic heterocycles. The van der Waals surface area contributed by atoms with Crippen LogP contribution in [-0.4, -0.2) is 11.5 Å². The molecular formula is C14H25NS2. The monoisotopic (exact) mass is 271 g/mol. The van der Waals surface area contributed by atoms with Gasteiger partial charge in [-0.2, -0.15) is 5.26 Å². The zero-order chi connectivity index (χ0) is 12.8. The van der Waals surface area contributed by atoms with Crippen molar-refractivity contribution in [2.75, 3.05) is 11.5 Å². The van der Waals surface area contributed by atoms with Crippen molar-refractivity contribution in [1.29, 1.82) is 5.26 Å². The van der Waals surface area contributed by atoms with E-state index in [0.717, 1.165) is 12.8 Å². The van der Waals surface area contributed by atoms with Crippen molar-refractivity contribution in [3.63, 3.8) is 0 Å². The van der Waals surface area contributed by atoms with Crippen LogP contribution in [0, 0.1) is 11.3 Å². The molecule has 0 spiro atoms. The topological polar surface area (TPSA) is 23.8 Å². The van der Waals surface area contributed by atoms with Gasteiger partial charge in [-0.15, -0.1) is 23.5 Å². The van der Waals surface area contributed by atoms with E-state index in [2.05, 4.69) is 25.3 Å². The van der Waals surface area contributed by atoms with Crippen LogP contribution in [-0.2, 0) is 0 Å². The maximum absolute atomic E-state index is 8.56. The van der Waals surface area contributed by atoms with E-state index < -0.39 is 0 Å². The number of hydrogen-bond donors (Lipinski definition) is 0. The SMILES string of the molecule is CCCCS/C=C(/CCCC#N)SCCCC. The maximum Gasteiger partial charge on any atom is 0.0621 e. The largest absolute Gasteiger partial charge is 0.198 e. The lowest BCUT2D eigenvalue weighted by atomic mass is 10.2. The Morgan fingerprint density at radius 1 is 1.12 bits per heavy atom. The lowest BCUT2D eigenvalue weighted by molar-refractivity contribution is 0.865. The predicted molar refractivity (Wildman–Crippen MR) is 82.3 cm³/mol. The maximum atomic E-state index is 8.56. The molecule has 0 aromatic heterocycles. The molecular weight excluding hydrogens is 246 g/mol. The first-order chi connectivity index (χ1) is 8.35. The molecule has 0 aliphatic carbocycles. The highest BCUT2D eigenvalue weighted by atomic mass is 32.2. The van der Waals surface area contributed by atoms with Crippen molar-refractivity contribution in [3.8, 4) is 6.07 Å². The molecule has 1 nitrogen and oxygen atoms in total. The Hall–Kier alpha value is -0.0700. The van der Waals surface area contributed by atoms with Crippen LogP contribution in [0.15, 0.2) is 10.3 Å². The Morgan fingerprint density at radius 2 is 1.82 bits per heavy atom. The summed E-state index contributed by atoms with van der Waals surface area (Å²) in [6, 6.07) is 2.22. The summed E-state index contributed by atoms with van der Waals surface area (Å²) in [5.41, 5.74) is 0. The van der Waals surface area contributed by atoms with Crippen LogP contribution >= 0.6 is 23.5 Å². The normalized spacial score (nSPS) is 11.5. The van der Waals surface area contributed by atoms with E-state index in [0.29, 0.717) is 6.42 Å². The average Bonchev–Trinajstić information content (AvgIpc) is 2.34. The highest BCUT2D eigenvalue weighted by molar-refractivity contribution is 8.06. The zero-order valence-electron chi connectivity index (χ0n) is 11.2. The smallest absolute Gasteiger partial charge is 0.0621 e. The zero-order valence-corrected chi connectivity index (χ0v) is 12.8. The standard InChI is InChI=1S/C14H25NS2/c1-3-5-11-16-13-14(9-7-8-10-15)17-12-6-4-2/h13H,3-9,11-12H2,1-2H3/b14-13-. The molecule has 0 radical (unpaired) electrons. The summed E-state index contributed by atoms with van der Waals surface area (Å²) in [7, 11) is 0. The van der Waals surface area contributed by atoms with Gasteiger partial charge in [0.1, 0.15) is 0 Å². The number of nitriles is 1. The minimum absolute atomic E-state index is 0.686. The third-order valence-electron chi connectivity index (χ3n) is 2.33. The van der Waals surface area contributed by atoms with Gasteiger partial charge in [-0.3, -0.25) is 0 Å². The van der Waals surface area contributed by atoms with Crippen LogP contribution in [0.2, 0.25) is 0 Å². The molecule has 0 heterocycles. The minimum atomic E-state index is 0.686. The lowest BCUT2D eigenvalue weighted by Crippen LogP contribution is -1.84. The van der Waals surface area contributed by atoms with Crippen LogP contribution in [0.4, 0.5) is 0 Å². The molecule has 98 valence electrons. The van der Waals surface area contributed by atoms with E-state index in [1.165, 1.54) is 42.1 Å². The third kappa shape index (κ3) is 12.2. The molecule has 0 bridgehead atoms. The van der Waals surface area contributed by atoms with Crippen LogP contribution in [0.3, 0.4) is 0 Å². The van der Waals surface area contributed by atoms with Crippen LogP contribution < -0.4 is 0 Å². The quantitative estimate of drug-likeness (QED) is 0.458. The number of rotatable bonds is 11. The van der Waals surface area contributed by atoms with Gasteiger partial charge in [0.15, 0.2) is 0 Å². The first-order valence-corrected chi connectivity index (χ1v) is 8.69. The molecule has 0 amide bonds. The fourth-order valence-corrected chi connectivity index (χ4v) is 3.57. The molecule has 3 heteroatoms. The summed E-state index contributed by atoms with van der Waals surface area (Å²) in [6.07, 6.45) is 7.91.